The standard InChI is InChI=1S/C9H19NO2/c1-7(2)10-8-4-5-12-6-9(8)11-3/h7-10H,4-6H2,1-3H3. The third-order valence-corrected chi connectivity index (χ3v) is 2.15. The van der Waals surface area contributed by atoms with Crippen molar-refractivity contribution in [1.82, 2.24) is 5.32 Å². The summed E-state index contributed by atoms with van der Waals surface area (Å²) in [5.41, 5.74) is 0. The van der Waals surface area contributed by atoms with E-state index in [1.165, 1.54) is 0 Å². The monoisotopic (exact) mass is 173 g/mol. The maximum Gasteiger partial charge on any atom is 0.0958 e. The highest BCUT2D eigenvalue weighted by molar-refractivity contribution is 4.81. The molecule has 2 atom stereocenters. The fraction of sp³-hybridized carbons (Fsp3) is 1.00. The Balaban J connectivity index is 2.36. The summed E-state index contributed by atoms with van der Waals surface area (Å²) in [6.45, 7) is 5.88. The van der Waals surface area contributed by atoms with Crippen LogP contribution < -0.4 is 5.32 Å². The van der Waals surface area contributed by atoms with Gasteiger partial charge in [0.2, 0.25) is 0 Å². The number of rotatable bonds is 3. The number of hydrogen-bond donors (Lipinski definition) is 1. The van der Waals surface area contributed by atoms with Crippen LogP contribution in [0.3, 0.4) is 0 Å². The van der Waals surface area contributed by atoms with Crippen LogP contribution in [0.2, 0.25) is 0 Å². The minimum absolute atomic E-state index is 0.223. The zero-order valence-corrected chi connectivity index (χ0v) is 8.17. The molecular weight excluding hydrogens is 154 g/mol. The summed E-state index contributed by atoms with van der Waals surface area (Å²) in [5, 5.41) is 3.48. The Kier molecular flexibility index (Phi) is 3.98. The second kappa shape index (κ2) is 4.80. The molecule has 2 unspecified atom stereocenters. The van der Waals surface area contributed by atoms with E-state index in [4.69, 9.17) is 9.47 Å². The van der Waals surface area contributed by atoms with Crippen molar-refractivity contribution >= 4 is 0 Å². The van der Waals surface area contributed by atoms with Gasteiger partial charge in [-0.3, -0.25) is 0 Å². The summed E-state index contributed by atoms with van der Waals surface area (Å²) < 4.78 is 10.6. The van der Waals surface area contributed by atoms with Crippen molar-refractivity contribution in [2.45, 2.75) is 38.5 Å². The van der Waals surface area contributed by atoms with Gasteiger partial charge in [0.1, 0.15) is 0 Å². The van der Waals surface area contributed by atoms with Gasteiger partial charge in [0.05, 0.1) is 12.7 Å². The van der Waals surface area contributed by atoms with Crippen molar-refractivity contribution in [3.8, 4) is 0 Å². The van der Waals surface area contributed by atoms with Crippen molar-refractivity contribution in [3.63, 3.8) is 0 Å². The maximum atomic E-state index is 5.32. The van der Waals surface area contributed by atoms with E-state index in [1.807, 2.05) is 0 Å². The van der Waals surface area contributed by atoms with Crippen LogP contribution in [0.4, 0.5) is 0 Å². The molecule has 1 fully saturated rings. The lowest BCUT2D eigenvalue weighted by Crippen LogP contribution is -2.49. The largest absolute Gasteiger partial charge is 0.379 e. The molecular formula is C9H19NO2. The van der Waals surface area contributed by atoms with Gasteiger partial charge in [-0.2, -0.15) is 0 Å². The van der Waals surface area contributed by atoms with Gasteiger partial charge in [-0.05, 0) is 6.42 Å². The Hall–Kier alpha value is -0.120. The number of nitrogens with one attached hydrogen (secondary N) is 1. The van der Waals surface area contributed by atoms with Crippen LogP contribution in [0.25, 0.3) is 0 Å². The first-order valence-electron chi connectivity index (χ1n) is 4.60. The van der Waals surface area contributed by atoms with Gasteiger partial charge >= 0.3 is 0 Å². The predicted octanol–water partition coefficient (Wildman–Crippen LogP) is 0.788. The molecule has 3 heteroatoms. The molecule has 0 bridgehead atoms. The molecule has 1 rings (SSSR count). The lowest BCUT2D eigenvalue weighted by molar-refractivity contribution is -0.0513. The summed E-state index contributed by atoms with van der Waals surface area (Å²) in [5.74, 6) is 0. The summed E-state index contributed by atoms with van der Waals surface area (Å²) in [6.07, 6.45) is 1.28. The molecule has 0 saturated carbocycles. The summed E-state index contributed by atoms with van der Waals surface area (Å²) >= 11 is 0. The van der Waals surface area contributed by atoms with Crippen LogP contribution >= 0.6 is 0 Å². The molecule has 1 saturated heterocycles. The molecule has 1 N–H and O–H groups in total. The van der Waals surface area contributed by atoms with Gasteiger partial charge in [0.15, 0.2) is 0 Å². The Morgan fingerprint density at radius 1 is 1.50 bits per heavy atom. The van der Waals surface area contributed by atoms with Crippen LogP contribution in [0.5, 0.6) is 0 Å². The zero-order valence-electron chi connectivity index (χ0n) is 8.17. The molecule has 1 aliphatic rings. The summed E-state index contributed by atoms with van der Waals surface area (Å²) in [4.78, 5) is 0. The first-order chi connectivity index (χ1) is 5.74. The molecule has 1 heterocycles. The Morgan fingerprint density at radius 2 is 2.25 bits per heavy atom. The molecule has 0 spiro atoms. The molecule has 72 valence electrons. The molecule has 0 aromatic heterocycles. The average molecular weight is 173 g/mol. The van der Waals surface area contributed by atoms with Crippen LogP contribution in [-0.4, -0.2) is 38.5 Å². The normalized spacial score (nSPS) is 31.0. The van der Waals surface area contributed by atoms with E-state index in [9.17, 15) is 0 Å². The third-order valence-electron chi connectivity index (χ3n) is 2.15. The van der Waals surface area contributed by atoms with Crippen LogP contribution in [0, 0.1) is 0 Å². The van der Waals surface area contributed by atoms with Crippen LogP contribution in [0.15, 0.2) is 0 Å². The fourth-order valence-corrected chi connectivity index (χ4v) is 1.56. The summed E-state index contributed by atoms with van der Waals surface area (Å²) in [6, 6.07) is 0.981. The van der Waals surface area contributed by atoms with Gasteiger partial charge in [-0.15, -0.1) is 0 Å². The molecule has 3 nitrogen and oxygen atoms in total. The lowest BCUT2D eigenvalue weighted by Gasteiger charge is -2.32. The van der Waals surface area contributed by atoms with E-state index in [0.29, 0.717) is 12.1 Å². The van der Waals surface area contributed by atoms with Crippen molar-refractivity contribution in [2.75, 3.05) is 20.3 Å². The smallest absolute Gasteiger partial charge is 0.0958 e. The van der Waals surface area contributed by atoms with Crippen LogP contribution in [-0.2, 0) is 9.47 Å². The highest BCUT2D eigenvalue weighted by Crippen LogP contribution is 2.10. The zero-order chi connectivity index (χ0) is 8.97. The SMILES string of the molecule is COC1COCCC1NC(C)C. The quantitative estimate of drug-likeness (QED) is 0.684. The van der Waals surface area contributed by atoms with Gasteiger partial charge in [0.25, 0.3) is 0 Å². The molecule has 0 radical (unpaired) electrons. The molecule has 12 heavy (non-hydrogen) atoms. The Labute approximate surface area is 74.4 Å². The van der Waals surface area contributed by atoms with E-state index in [0.717, 1.165) is 19.6 Å². The van der Waals surface area contributed by atoms with E-state index >= 15 is 0 Å². The average Bonchev–Trinajstić information content (AvgIpc) is 2.04. The Bertz CT molecular complexity index is 128. The highest BCUT2D eigenvalue weighted by Gasteiger charge is 2.25. The third kappa shape index (κ3) is 2.73. The first kappa shape index (κ1) is 9.96. The van der Waals surface area contributed by atoms with Crippen molar-refractivity contribution in [1.29, 1.82) is 0 Å². The number of methoxy groups -OCH3 is 1. The van der Waals surface area contributed by atoms with E-state index in [2.05, 4.69) is 19.2 Å². The Morgan fingerprint density at radius 3 is 2.83 bits per heavy atom. The molecule has 0 aromatic rings. The van der Waals surface area contributed by atoms with E-state index in [-0.39, 0.29) is 6.10 Å². The van der Waals surface area contributed by atoms with E-state index in [1.54, 1.807) is 7.11 Å². The van der Waals surface area contributed by atoms with Crippen molar-refractivity contribution in [3.05, 3.63) is 0 Å². The second-order valence-electron chi connectivity index (χ2n) is 3.57. The minimum atomic E-state index is 0.223. The van der Waals surface area contributed by atoms with E-state index < -0.39 is 0 Å². The minimum Gasteiger partial charge on any atom is -0.379 e. The molecule has 0 aliphatic carbocycles. The van der Waals surface area contributed by atoms with Crippen molar-refractivity contribution < 1.29 is 9.47 Å². The van der Waals surface area contributed by atoms with Crippen LogP contribution in [0.1, 0.15) is 20.3 Å². The lowest BCUT2D eigenvalue weighted by atomic mass is 10.1. The molecule has 0 aromatic carbocycles. The van der Waals surface area contributed by atoms with Crippen molar-refractivity contribution in [2.24, 2.45) is 0 Å². The van der Waals surface area contributed by atoms with Gasteiger partial charge < -0.3 is 14.8 Å². The van der Waals surface area contributed by atoms with Gasteiger partial charge in [0, 0.05) is 25.8 Å². The van der Waals surface area contributed by atoms with Gasteiger partial charge in [-0.1, -0.05) is 13.8 Å². The summed E-state index contributed by atoms with van der Waals surface area (Å²) in [7, 11) is 1.74. The molecule has 0 amide bonds. The van der Waals surface area contributed by atoms with Gasteiger partial charge in [-0.25, -0.2) is 0 Å². The topological polar surface area (TPSA) is 30.5 Å². The fourth-order valence-electron chi connectivity index (χ4n) is 1.56. The molecule has 1 aliphatic heterocycles. The number of ether oxygens (including phenoxy) is 2. The predicted molar refractivity (Wildman–Crippen MR) is 48.3 cm³/mol. The second-order valence-corrected chi connectivity index (χ2v) is 3.57. The maximum absolute atomic E-state index is 5.32. The number of hydrogen-bond acceptors (Lipinski definition) is 3. The first-order valence-corrected chi connectivity index (χ1v) is 4.60. The highest BCUT2D eigenvalue weighted by atomic mass is 16.5.